The normalized spacial score (nSPS) is 16.2. The molecule has 1 heterocycles. The number of carbonyl (C=O) groups is 2. The van der Waals surface area contributed by atoms with Crippen LogP contribution in [0.3, 0.4) is 0 Å². The Hall–Kier alpha value is -3.14. The molecular formula is C21H17NO3. The smallest absolute Gasteiger partial charge is 0.308 e. The zero-order valence-electron chi connectivity index (χ0n) is 13.8. The van der Waals surface area contributed by atoms with Gasteiger partial charge in [-0.1, -0.05) is 48.5 Å². The van der Waals surface area contributed by atoms with Crippen molar-refractivity contribution in [1.82, 2.24) is 0 Å². The molecule has 1 aliphatic heterocycles. The summed E-state index contributed by atoms with van der Waals surface area (Å²) >= 11 is 0. The van der Waals surface area contributed by atoms with Crippen molar-refractivity contribution in [2.75, 3.05) is 5.32 Å². The minimum atomic E-state index is -0.346. The predicted octanol–water partition coefficient (Wildman–Crippen LogP) is 4.24. The maximum Gasteiger partial charge on any atom is 0.308 e. The summed E-state index contributed by atoms with van der Waals surface area (Å²) in [6.45, 7) is 1.38. The molecule has 1 aliphatic rings. The third kappa shape index (κ3) is 2.87. The van der Waals surface area contributed by atoms with Crippen molar-refractivity contribution in [3.05, 3.63) is 71.8 Å². The molecule has 1 amide bonds. The van der Waals surface area contributed by atoms with E-state index in [0.29, 0.717) is 12.2 Å². The van der Waals surface area contributed by atoms with Gasteiger partial charge in [-0.15, -0.1) is 0 Å². The first-order valence-corrected chi connectivity index (χ1v) is 8.22. The lowest BCUT2D eigenvalue weighted by atomic mass is 9.83. The molecule has 4 rings (SSSR count). The fourth-order valence-corrected chi connectivity index (χ4v) is 3.44. The van der Waals surface area contributed by atoms with Crippen LogP contribution in [0.25, 0.3) is 10.8 Å². The number of carbonyl (C=O) groups excluding carboxylic acids is 2. The third-order valence-corrected chi connectivity index (χ3v) is 4.53. The Morgan fingerprint density at radius 3 is 2.56 bits per heavy atom. The van der Waals surface area contributed by atoms with Gasteiger partial charge in [0.2, 0.25) is 5.91 Å². The molecule has 3 aromatic carbocycles. The number of nitrogens with one attached hydrogen (secondary N) is 1. The zero-order chi connectivity index (χ0) is 17.4. The van der Waals surface area contributed by atoms with Gasteiger partial charge in [0.15, 0.2) is 0 Å². The third-order valence-electron chi connectivity index (χ3n) is 4.53. The number of hydrogen-bond acceptors (Lipinski definition) is 3. The molecule has 4 nitrogen and oxygen atoms in total. The second-order valence-corrected chi connectivity index (χ2v) is 6.22. The van der Waals surface area contributed by atoms with Gasteiger partial charge in [0.05, 0.1) is 5.69 Å². The van der Waals surface area contributed by atoms with Crippen LogP contribution in [0.1, 0.15) is 30.4 Å². The van der Waals surface area contributed by atoms with Crippen LogP contribution in [-0.2, 0) is 9.59 Å². The fourth-order valence-electron chi connectivity index (χ4n) is 3.44. The molecular weight excluding hydrogens is 314 g/mol. The van der Waals surface area contributed by atoms with Gasteiger partial charge in [0.1, 0.15) is 5.75 Å². The minimum absolute atomic E-state index is 0.0120. The fraction of sp³-hybridized carbons (Fsp3) is 0.143. The van der Waals surface area contributed by atoms with Crippen LogP contribution in [0.15, 0.2) is 60.7 Å². The van der Waals surface area contributed by atoms with Gasteiger partial charge >= 0.3 is 5.97 Å². The monoisotopic (exact) mass is 331 g/mol. The van der Waals surface area contributed by atoms with Crippen LogP contribution < -0.4 is 10.1 Å². The average molecular weight is 331 g/mol. The molecule has 0 saturated heterocycles. The minimum Gasteiger partial charge on any atom is -0.427 e. The van der Waals surface area contributed by atoms with E-state index in [1.165, 1.54) is 6.92 Å². The Kier molecular flexibility index (Phi) is 3.73. The molecule has 0 aliphatic carbocycles. The van der Waals surface area contributed by atoms with Gasteiger partial charge in [-0.2, -0.15) is 0 Å². The molecule has 0 radical (unpaired) electrons. The largest absolute Gasteiger partial charge is 0.427 e. The standard InChI is InChI=1S/C21H17NO3/c1-13(23)25-16-9-6-15(7-10-16)19-12-20(24)22-21-17-5-3-2-4-14(17)8-11-18(19)21/h2-11,19H,12H2,1H3,(H,22,24). The molecule has 0 bridgehead atoms. The van der Waals surface area contributed by atoms with E-state index in [2.05, 4.69) is 17.4 Å². The summed E-state index contributed by atoms with van der Waals surface area (Å²) in [5, 5.41) is 5.19. The van der Waals surface area contributed by atoms with Gasteiger partial charge in [-0.05, 0) is 28.6 Å². The molecule has 25 heavy (non-hydrogen) atoms. The molecule has 1 unspecified atom stereocenters. The van der Waals surface area contributed by atoms with Crippen LogP contribution >= 0.6 is 0 Å². The summed E-state index contributed by atoms with van der Waals surface area (Å²) in [5.41, 5.74) is 3.03. The number of rotatable bonds is 2. The van der Waals surface area contributed by atoms with Gasteiger partial charge in [0.25, 0.3) is 0 Å². The lowest BCUT2D eigenvalue weighted by molar-refractivity contribution is -0.131. The molecule has 0 aromatic heterocycles. The zero-order valence-corrected chi connectivity index (χ0v) is 13.8. The van der Waals surface area contributed by atoms with Crippen molar-refractivity contribution >= 4 is 28.3 Å². The first-order chi connectivity index (χ1) is 12.1. The Bertz CT molecular complexity index is 976. The van der Waals surface area contributed by atoms with Crippen LogP contribution in [0, 0.1) is 0 Å². The van der Waals surface area contributed by atoms with E-state index in [1.807, 2.05) is 36.4 Å². The summed E-state index contributed by atoms with van der Waals surface area (Å²) < 4.78 is 5.09. The van der Waals surface area contributed by atoms with Crippen molar-refractivity contribution in [3.63, 3.8) is 0 Å². The quantitative estimate of drug-likeness (QED) is 0.564. The van der Waals surface area contributed by atoms with Gasteiger partial charge < -0.3 is 10.1 Å². The van der Waals surface area contributed by atoms with Crippen molar-refractivity contribution in [1.29, 1.82) is 0 Å². The van der Waals surface area contributed by atoms with E-state index >= 15 is 0 Å². The molecule has 0 fully saturated rings. The molecule has 0 spiro atoms. The molecule has 124 valence electrons. The van der Waals surface area contributed by atoms with Crippen LogP contribution in [0.5, 0.6) is 5.75 Å². The average Bonchev–Trinajstić information content (AvgIpc) is 2.61. The van der Waals surface area contributed by atoms with Crippen molar-refractivity contribution < 1.29 is 14.3 Å². The Labute approximate surface area is 145 Å². The number of benzene rings is 3. The first kappa shape index (κ1) is 15.4. The molecule has 4 heteroatoms. The number of hydrogen-bond donors (Lipinski definition) is 1. The lowest BCUT2D eigenvalue weighted by Crippen LogP contribution is -2.23. The number of esters is 1. The van der Waals surface area contributed by atoms with Crippen molar-refractivity contribution in [3.8, 4) is 5.75 Å². The molecule has 3 aromatic rings. The van der Waals surface area contributed by atoms with Crippen LogP contribution in [0.2, 0.25) is 0 Å². The predicted molar refractivity (Wildman–Crippen MR) is 96.8 cm³/mol. The summed E-state index contributed by atoms with van der Waals surface area (Å²) in [4.78, 5) is 23.3. The highest BCUT2D eigenvalue weighted by Gasteiger charge is 2.27. The molecule has 1 atom stereocenters. The Morgan fingerprint density at radius 1 is 1.04 bits per heavy atom. The van der Waals surface area contributed by atoms with E-state index in [0.717, 1.165) is 27.6 Å². The molecule has 1 N–H and O–H groups in total. The van der Waals surface area contributed by atoms with Crippen LogP contribution in [-0.4, -0.2) is 11.9 Å². The van der Waals surface area contributed by atoms with Crippen molar-refractivity contribution in [2.24, 2.45) is 0 Å². The number of amides is 1. The van der Waals surface area contributed by atoms with E-state index in [-0.39, 0.29) is 17.8 Å². The highest BCUT2D eigenvalue weighted by Crippen LogP contribution is 2.41. The second-order valence-electron chi connectivity index (χ2n) is 6.22. The van der Waals surface area contributed by atoms with E-state index in [4.69, 9.17) is 4.74 Å². The topological polar surface area (TPSA) is 55.4 Å². The highest BCUT2D eigenvalue weighted by molar-refractivity contribution is 6.06. The van der Waals surface area contributed by atoms with Crippen LogP contribution in [0.4, 0.5) is 5.69 Å². The highest BCUT2D eigenvalue weighted by atomic mass is 16.5. The van der Waals surface area contributed by atoms with E-state index in [1.54, 1.807) is 12.1 Å². The van der Waals surface area contributed by atoms with E-state index < -0.39 is 0 Å². The van der Waals surface area contributed by atoms with Gasteiger partial charge in [-0.3, -0.25) is 9.59 Å². The second kappa shape index (κ2) is 6.06. The number of ether oxygens (including phenoxy) is 1. The summed E-state index contributed by atoms with van der Waals surface area (Å²) in [6.07, 6.45) is 0.401. The number of anilines is 1. The van der Waals surface area contributed by atoms with Crippen molar-refractivity contribution in [2.45, 2.75) is 19.3 Å². The summed E-state index contributed by atoms with van der Waals surface area (Å²) in [7, 11) is 0. The number of fused-ring (bicyclic) bond motifs is 3. The maximum atomic E-state index is 12.3. The van der Waals surface area contributed by atoms with Gasteiger partial charge in [-0.25, -0.2) is 0 Å². The Balaban J connectivity index is 1.78. The Morgan fingerprint density at radius 2 is 1.80 bits per heavy atom. The SMILES string of the molecule is CC(=O)Oc1ccc(C2CC(=O)Nc3c2ccc2ccccc32)cc1. The maximum absolute atomic E-state index is 12.3. The first-order valence-electron chi connectivity index (χ1n) is 8.22. The molecule has 0 saturated carbocycles. The summed E-state index contributed by atoms with van der Waals surface area (Å²) in [6, 6.07) is 19.6. The van der Waals surface area contributed by atoms with E-state index in [9.17, 15) is 9.59 Å². The summed E-state index contributed by atoms with van der Waals surface area (Å²) in [5.74, 6) is 0.162. The van der Waals surface area contributed by atoms with Gasteiger partial charge in [0, 0.05) is 24.6 Å². The lowest BCUT2D eigenvalue weighted by Gasteiger charge is -2.27.